The molecule has 1 N–H and O–H groups in total. The summed E-state index contributed by atoms with van der Waals surface area (Å²) < 4.78 is 6.21. The Morgan fingerprint density at radius 1 is 1.00 bits per heavy atom. The minimum Gasteiger partial charge on any atom is -0.457 e. The van der Waals surface area contributed by atoms with Crippen LogP contribution in [0.3, 0.4) is 0 Å². The van der Waals surface area contributed by atoms with Crippen LogP contribution in [0.15, 0.2) is 72.8 Å². The largest absolute Gasteiger partial charge is 0.457 e. The lowest BCUT2D eigenvalue weighted by Gasteiger charge is -2.21. The summed E-state index contributed by atoms with van der Waals surface area (Å²) in [6, 6.07) is 23.8. The van der Waals surface area contributed by atoms with Crippen LogP contribution >= 0.6 is 0 Å². The molecule has 41 heavy (non-hydrogen) atoms. The molecular weight excluding hydrogens is 516 g/mol. The maximum Gasteiger partial charge on any atom is 0.251 e. The lowest BCUT2D eigenvalue weighted by molar-refractivity contribution is -0.132. The van der Waals surface area contributed by atoms with Crippen LogP contribution in [0, 0.1) is 22.7 Å². The molecule has 208 valence electrons. The van der Waals surface area contributed by atoms with Gasteiger partial charge in [-0.05, 0) is 60.7 Å². The number of amides is 3. The molecule has 3 aliphatic rings. The predicted molar refractivity (Wildman–Crippen MR) is 152 cm³/mol. The van der Waals surface area contributed by atoms with E-state index in [2.05, 4.69) is 18.3 Å². The Hall–Kier alpha value is -4.64. The SMILES string of the molecule is CC1CC(=O)N(Cc2ccc(C(=O)NC3CN(Cc4ccccc4)C(=O)C34CC4)cc2Oc2ccc(C#N)cc2)C1. The highest BCUT2D eigenvalue weighted by atomic mass is 16.5. The lowest BCUT2D eigenvalue weighted by atomic mass is 9.99. The highest BCUT2D eigenvalue weighted by Gasteiger charge is 2.62. The van der Waals surface area contributed by atoms with Crippen LogP contribution in [0.2, 0.25) is 0 Å². The molecule has 2 aliphatic heterocycles. The summed E-state index contributed by atoms with van der Waals surface area (Å²) in [6.07, 6.45) is 2.07. The number of ether oxygens (including phenoxy) is 1. The van der Waals surface area contributed by atoms with Gasteiger partial charge < -0.3 is 19.9 Å². The van der Waals surface area contributed by atoms with Crippen molar-refractivity contribution in [1.29, 1.82) is 5.26 Å². The quantitative estimate of drug-likeness (QED) is 0.442. The van der Waals surface area contributed by atoms with Crippen LogP contribution in [0.25, 0.3) is 0 Å². The van der Waals surface area contributed by atoms with Gasteiger partial charge >= 0.3 is 0 Å². The third-order valence-corrected chi connectivity index (χ3v) is 8.40. The molecule has 3 aromatic carbocycles. The van der Waals surface area contributed by atoms with Gasteiger partial charge in [0.25, 0.3) is 5.91 Å². The van der Waals surface area contributed by atoms with E-state index in [1.165, 1.54) is 0 Å². The van der Waals surface area contributed by atoms with Gasteiger partial charge in [-0.1, -0.05) is 43.3 Å². The predicted octanol–water partition coefficient (Wildman–Crippen LogP) is 4.64. The van der Waals surface area contributed by atoms with Crippen molar-refractivity contribution in [3.05, 3.63) is 95.1 Å². The van der Waals surface area contributed by atoms with Crippen LogP contribution in [-0.4, -0.2) is 46.7 Å². The topological polar surface area (TPSA) is 103 Å². The second-order valence-electron chi connectivity index (χ2n) is 11.5. The second kappa shape index (κ2) is 10.7. The summed E-state index contributed by atoms with van der Waals surface area (Å²) >= 11 is 0. The molecule has 2 heterocycles. The van der Waals surface area contributed by atoms with E-state index in [9.17, 15) is 14.4 Å². The number of rotatable bonds is 8. The molecular formula is C33H32N4O4. The Bertz CT molecular complexity index is 1530. The molecule has 1 aliphatic carbocycles. The Balaban J connectivity index is 1.22. The Kier molecular flexibility index (Phi) is 6.96. The normalized spacial score (nSPS) is 20.8. The van der Waals surface area contributed by atoms with Gasteiger partial charge in [-0.25, -0.2) is 0 Å². The number of nitriles is 1. The maximum absolute atomic E-state index is 13.5. The first kappa shape index (κ1) is 26.6. The molecule has 8 nitrogen and oxygen atoms in total. The molecule has 0 aromatic heterocycles. The summed E-state index contributed by atoms with van der Waals surface area (Å²) in [5.41, 5.74) is 2.28. The van der Waals surface area contributed by atoms with Gasteiger partial charge in [0.1, 0.15) is 11.5 Å². The third kappa shape index (κ3) is 5.40. The number of hydrogen-bond donors (Lipinski definition) is 1. The van der Waals surface area contributed by atoms with Gasteiger partial charge in [-0.2, -0.15) is 5.26 Å². The summed E-state index contributed by atoms with van der Waals surface area (Å²) in [5, 5.41) is 12.3. The number of nitrogens with one attached hydrogen (secondary N) is 1. The average molecular weight is 549 g/mol. The first-order valence-corrected chi connectivity index (χ1v) is 14.1. The molecule has 8 heteroatoms. The van der Waals surface area contributed by atoms with Gasteiger partial charge in [0.05, 0.1) is 23.1 Å². The summed E-state index contributed by atoms with van der Waals surface area (Å²) in [6.45, 7) is 4.11. The number of carbonyl (C=O) groups excluding carboxylic acids is 3. The molecule has 2 unspecified atom stereocenters. The summed E-state index contributed by atoms with van der Waals surface area (Å²) in [4.78, 5) is 43.0. The average Bonchev–Trinajstić information content (AvgIpc) is 3.67. The van der Waals surface area contributed by atoms with Crippen molar-refractivity contribution < 1.29 is 19.1 Å². The Labute approximate surface area is 239 Å². The van der Waals surface area contributed by atoms with Gasteiger partial charge in [0.2, 0.25) is 11.8 Å². The van der Waals surface area contributed by atoms with E-state index in [0.29, 0.717) is 61.1 Å². The van der Waals surface area contributed by atoms with E-state index in [0.717, 1.165) is 24.0 Å². The van der Waals surface area contributed by atoms with Gasteiger partial charge in [-0.3, -0.25) is 14.4 Å². The van der Waals surface area contributed by atoms with Gasteiger partial charge in [0, 0.05) is 43.7 Å². The number of hydrogen-bond acceptors (Lipinski definition) is 5. The van der Waals surface area contributed by atoms with Crippen molar-refractivity contribution in [2.75, 3.05) is 13.1 Å². The highest BCUT2D eigenvalue weighted by molar-refractivity contribution is 5.97. The van der Waals surface area contributed by atoms with Crippen molar-refractivity contribution in [2.24, 2.45) is 11.3 Å². The molecule has 6 rings (SSSR count). The molecule has 0 radical (unpaired) electrons. The molecule has 1 saturated carbocycles. The van der Waals surface area contributed by atoms with E-state index in [1.54, 1.807) is 36.4 Å². The van der Waals surface area contributed by atoms with Crippen molar-refractivity contribution in [3.63, 3.8) is 0 Å². The van der Waals surface area contributed by atoms with Gasteiger partial charge in [-0.15, -0.1) is 0 Å². The third-order valence-electron chi connectivity index (χ3n) is 8.40. The molecule has 2 saturated heterocycles. The summed E-state index contributed by atoms with van der Waals surface area (Å²) in [5.74, 6) is 1.24. The van der Waals surface area contributed by atoms with E-state index < -0.39 is 5.41 Å². The molecule has 0 bridgehead atoms. The first-order valence-electron chi connectivity index (χ1n) is 14.1. The van der Waals surface area contributed by atoms with Crippen LogP contribution in [0.4, 0.5) is 0 Å². The van der Waals surface area contributed by atoms with Crippen molar-refractivity contribution >= 4 is 17.7 Å². The number of nitrogens with zero attached hydrogens (tertiary/aromatic N) is 3. The minimum atomic E-state index is -0.515. The van der Waals surface area contributed by atoms with Crippen LogP contribution in [0.1, 0.15) is 53.2 Å². The lowest BCUT2D eigenvalue weighted by Crippen LogP contribution is -2.41. The monoisotopic (exact) mass is 548 g/mol. The zero-order valence-corrected chi connectivity index (χ0v) is 23.0. The van der Waals surface area contributed by atoms with E-state index >= 15 is 0 Å². The Morgan fingerprint density at radius 3 is 2.41 bits per heavy atom. The summed E-state index contributed by atoms with van der Waals surface area (Å²) in [7, 11) is 0. The first-order chi connectivity index (χ1) is 19.8. The molecule has 2 atom stereocenters. The fourth-order valence-corrected chi connectivity index (χ4v) is 5.98. The van der Waals surface area contributed by atoms with Gasteiger partial charge in [0.15, 0.2) is 0 Å². The van der Waals surface area contributed by atoms with E-state index in [-0.39, 0.29) is 23.8 Å². The van der Waals surface area contributed by atoms with Crippen molar-refractivity contribution in [2.45, 2.75) is 45.3 Å². The molecule has 3 aromatic rings. The van der Waals surface area contributed by atoms with Crippen LogP contribution < -0.4 is 10.1 Å². The fraction of sp³-hybridized carbons (Fsp3) is 0.333. The Morgan fingerprint density at radius 2 is 1.76 bits per heavy atom. The number of benzene rings is 3. The second-order valence-corrected chi connectivity index (χ2v) is 11.5. The zero-order chi connectivity index (χ0) is 28.6. The molecule has 1 spiro atoms. The van der Waals surface area contributed by atoms with Crippen molar-refractivity contribution in [1.82, 2.24) is 15.1 Å². The highest BCUT2D eigenvalue weighted by Crippen LogP contribution is 2.54. The van der Waals surface area contributed by atoms with E-state index in [1.807, 2.05) is 46.2 Å². The number of carbonyl (C=O) groups is 3. The molecule has 3 amide bonds. The number of likely N-dealkylation sites (tertiary alicyclic amines) is 2. The van der Waals surface area contributed by atoms with Crippen LogP contribution in [-0.2, 0) is 22.7 Å². The fourth-order valence-electron chi connectivity index (χ4n) is 5.98. The smallest absolute Gasteiger partial charge is 0.251 e. The maximum atomic E-state index is 13.5. The standard InChI is InChI=1S/C33H32N4O4/c1-22-15-30(38)36(18-22)20-26-10-9-25(16-28(26)41-27-11-7-23(17-34)8-12-27)31(39)35-29-21-37(32(40)33(29)13-14-33)19-24-5-3-2-4-6-24/h2-12,16,22,29H,13-15,18-21H2,1H3,(H,35,39). The van der Waals surface area contributed by atoms with Crippen molar-refractivity contribution in [3.8, 4) is 17.6 Å². The van der Waals surface area contributed by atoms with Crippen LogP contribution in [0.5, 0.6) is 11.5 Å². The minimum absolute atomic E-state index is 0.101. The van der Waals surface area contributed by atoms with E-state index in [4.69, 9.17) is 10.00 Å². The molecule has 3 fully saturated rings. The zero-order valence-electron chi connectivity index (χ0n) is 23.0.